The van der Waals surface area contributed by atoms with Crippen molar-refractivity contribution in [2.24, 2.45) is 0 Å². The lowest BCUT2D eigenvalue weighted by molar-refractivity contribution is -0.148. The van der Waals surface area contributed by atoms with E-state index >= 15 is 0 Å². The average Bonchev–Trinajstić information content (AvgIpc) is 2.44. The van der Waals surface area contributed by atoms with E-state index in [0.29, 0.717) is 12.8 Å². The summed E-state index contributed by atoms with van der Waals surface area (Å²) in [6.07, 6.45) is 0.988. The van der Waals surface area contributed by atoms with Gasteiger partial charge in [-0.1, -0.05) is 0 Å². The predicted molar refractivity (Wildman–Crippen MR) is 70.6 cm³/mol. The lowest BCUT2D eigenvalue weighted by atomic mass is 9.96. The van der Waals surface area contributed by atoms with Crippen molar-refractivity contribution in [1.29, 1.82) is 0 Å². The number of hydrogen-bond donors (Lipinski definition) is 1. The molecule has 0 aliphatic heterocycles. The smallest absolute Gasteiger partial charge is 0.325 e. The summed E-state index contributed by atoms with van der Waals surface area (Å²) in [5, 5.41) is 2.89. The fraction of sp³-hybridized carbons (Fsp3) is 0.500. The third-order valence-corrected chi connectivity index (χ3v) is 3.16. The first-order chi connectivity index (χ1) is 9.42. The molecule has 6 heteroatoms. The molecule has 20 heavy (non-hydrogen) atoms. The molecular formula is C14H19F2NO3. The van der Waals surface area contributed by atoms with Crippen molar-refractivity contribution in [3.8, 4) is 5.75 Å². The van der Waals surface area contributed by atoms with E-state index in [2.05, 4.69) is 5.32 Å². The van der Waals surface area contributed by atoms with Crippen molar-refractivity contribution in [3.05, 3.63) is 29.8 Å². The van der Waals surface area contributed by atoms with Gasteiger partial charge in [-0.2, -0.15) is 0 Å². The molecule has 0 amide bonds. The molecule has 0 aliphatic rings. The molecule has 0 aliphatic carbocycles. The zero-order valence-electron chi connectivity index (χ0n) is 11.8. The number of nitrogens with one attached hydrogen (secondary N) is 1. The van der Waals surface area contributed by atoms with Gasteiger partial charge in [0.05, 0.1) is 13.7 Å². The van der Waals surface area contributed by atoms with Crippen LogP contribution in [0.15, 0.2) is 18.2 Å². The zero-order chi connectivity index (χ0) is 15.2. The van der Waals surface area contributed by atoms with Gasteiger partial charge in [-0.3, -0.25) is 4.79 Å². The fourth-order valence-electron chi connectivity index (χ4n) is 1.75. The van der Waals surface area contributed by atoms with Gasteiger partial charge in [-0.25, -0.2) is 8.78 Å². The molecule has 0 saturated heterocycles. The molecular weight excluding hydrogens is 268 g/mol. The number of ether oxygens (including phenoxy) is 2. The molecule has 1 atom stereocenters. The predicted octanol–water partition coefficient (Wildman–Crippen LogP) is 2.27. The Morgan fingerprint density at radius 2 is 2.10 bits per heavy atom. The fourth-order valence-corrected chi connectivity index (χ4v) is 1.75. The maximum Gasteiger partial charge on any atom is 0.325 e. The van der Waals surface area contributed by atoms with Gasteiger partial charge in [0.2, 0.25) is 0 Å². The number of halogens is 2. The van der Waals surface area contributed by atoms with E-state index in [1.165, 1.54) is 13.2 Å². The van der Waals surface area contributed by atoms with Crippen LogP contribution in [0.3, 0.4) is 0 Å². The quantitative estimate of drug-likeness (QED) is 0.617. The van der Waals surface area contributed by atoms with E-state index in [0.717, 1.165) is 12.1 Å². The van der Waals surface area contributed by atoms with Crippen LogP contribution in [0.25, 0.3) is 0 Å². The number of methoxy groups -OCH3 is 1. The van der Waals surface area contributed by atoms with Crippen LogP contribution < -0.4 is 10.1 Å². The maximum atomic E-state index is 13.3. The molecule has 1 aromatic carbocycles. The Balaban J connectivity index is 2.46. The molecule has 0 heterocycles. The lowest BCUT2D eigenvalue weighted by Crippen LogP contribution is -2.48. The molecule has 1 N–H and O–H groups in total. The van der Waals surface area contributed by atoms with Crippen LogP contribution in [-0.4, -0.2) is 32.3 Å². The molecule has 1 aromatic rings. The normalized spacial score (nSPS) is 13.7. The number of esters is 1. The summed E-state index contributed by atoms with van der Waals surface area (Å²) in [6.45, 7) is 1.94. The highest BCUT2D eigenvalue weighted by molar-refractivity contribution is 5.80. The van der Waals surface area contributed by atoms with Crippen molar-refractivity contribution < 1.29 is 23.0 Å². The Kier molecular flexibility index (Phi) is 5.88. The van der Waals surface area contributed by atoms with Gasteiger partial charge in [-0.05, 0) is 38.9 Å². The summed E-state index contributed by atoms with van der Waals surface area (Å²) in [5.41, 5.74) is -0.806. The summed E-state index contributed by atoms with van der Waals surface area (Å²) in [4.78, 5) is 11.6. The van der Waals surface area contributed by atoms with Crippen LogP contribution in [0, 0.1) is 11.6 Å². The summed E-state index contributed by atoms with van der Waals surface area (Å²) in [5.74, 6) is -1.76. The summed E-state index contributed by atoms with van der Waals surface area (Å²) >= 11 is 0. The molecule has 0 bridgehead atoms. The van der Waals surface area contributed by atoms with Gasteiger partial charge in [0.25, 0.3) is 0 Å². The maximum absolute atomic E-state index is 13.3. The summed E-state index contributed by atoms with van der Waals surface area (Å²) < 4.78 is 36.0. The zero-order valence-corrected chi connectivity index (χ0v) is 11.8. The van der Waals surface area contributed by atoms with E-state index in [1.807, 2.05) is 0 Å². The third-order valence-electron chi connectivity index (χ3n) is 3.16. The minimum Gasteiger partial charge on any atom is -0.491 e. The highest BCUT2D eigenvalue weighted by atomic mass is 19.1. The van der Waals surface area contributed by atoms with Crippen molar-refractivity contribution in [3.63, 3.8) is 0 Å². The van der Waals surface area contributed by atoms with Crippen LogP contribution in [0.5, 0.6) is 5.75 Å². The Morgan fingerprint density at radius 1 is 1.40 bits per heavy atom. The van der Waals surface area contributed by atoms with Gasteiger partial charge in [0, 0.05) is 6.07 Å². The summed E-state index contributed by atoms with van der Waals surface area (Å²) in [7, 11) is 2.99. The van der Waals surface area contributed by atoms with E-state index in [1.54, 1.807) is 14.0 Å². The highest BCUT2D eigenvalue weighted by Crippen LogP contribution is 2.19. The van der Waals surface area contributed by atoms with E-state index < -0.39 is 17.2 Å². The average molecular weight is 287 g/mol. The van der Waals surface area contributed by atoms with Crippen LogP contribution in [-0.2, 0) is 9.53 Å². The first-order valence-electron chi connectivity index (χ1n) is 6.28. The molecule has 0 spiro atoms. The van der Waals surface area contributed by atoms with Crippen LogP contribution in [0.2, 0.25) is 0 Å². The molecule has 1 rings (SSSR count). The van der Waals surface area contributed by atoms with Crippen LogP contribution in [0.1, 0.15) is 19.8 Å². The van der Waals surface area contributed by atoms with E-state index in [-0.39, 0.29) is 18.3 Å². The first-order valence-corrected chi connectivity index (χ1v) is 6.28. The highest BCUT2D eigenvalue weighted by Gasteiger charge is 2.31. The number of carbonyl (C=O) groups excluding carboxylic acids is 1. The van der Waals surface area contributed by atoms with E-state index in [4.69, 9.17) is 9.47 Å². The number of likely N-dealkylation sites (N-methyl/N-ethyl adjacent to an activating group) is 1. The molecule has 0 radical (unpaired) electrons. The molecule has 0 aromatic heterocycles. The number of carbonyl (C=O) groups is 1. The second kappa shape index (κ2) is 7.19. The van der Waals surface area contributed by atoms with Gasteiger partial charge in [0.15, 0.2) is 11.6 Å². The van der Waals surface area contributed by atoms with Gasteiger partial charge < -0.3 is 14.8 Å². The monoisotopic (exact) mass is 287 g/mol. The van der Waals surface area contributed by atoms with E-state index in [9.17, 15) is 13.6 Å². The largest absolute Gasteiger partial charge is 0.491 e. The molecule has 112 valence electrons. The standard InChI is InChI=1S/C14H19F2NO3/c1-14(17-2,13(18)19-3)7-4-8-20-12-6-5-10(15)9-11(12)16/h5-6,9,17H,4,7-8H2,1-3H3. The van der Waals surface area contributed by atoms with Crippen molar-refractivity contribution in [1.82, 2.24) is 5.32 Å². The van der Waals surface area contributed by atoms with Gasteiger partial charge >= 0.3 is 5.97 Å². The van der Waals surface area contributed by atoms with Crippen LogP contribution >= 0.6 is 0 Å². The molecule has 0 saturated carbocycles. The third kappa shape index (κ3) is 4.16. The Bertz CT molecular complexity index is 468. The van der Waals surface area contributed by atoms with Crippen molar-refractivity contribution >= 4 is 5.97 Å². The van der Waals surface area contributed by atoms with Gasteiger partial charge in [0.1, 0.15) is 11.4 Å². The molecule has 4 nitrogen and oxygen atoms in total. The second-order valence-electron chi connectivity index (χ2n) is 4.60. The topological polar surface area (TPSA) is 47.6 Å². The Morgan fingerprint density at radius 3 is 2.65 bits per heavy atom. The lowest BCUT2D eigenvalue weighted by Gasteiger charge is -2.25. The molecule has 1 unspecified atom stereocenters. The SMILES string of the molecule is CNC(C)(CCCOc1ccc(F)cc1F)C(=O)OC. The Labute approximate surface area is 117 Å². The number of rotatable bonds is 7. The minimum absolute atomic E-state index is 0.00405. The van der Waals surface area contributed by atoms with Crippen LogP contribution in [0.4, 0.5) is 8.78 Å². The van der Waals surface area contributed by atoms with Gasteiger partial charge in [-0.15, -0.1) is 0 Å². The van der Waals surface area contributed by atoms with Crippen molar-refractivity contribution in [2.45, 2.75) is 25.3 Å². The molecule has 0 fully saturated rings. The number of hydrogen-bond acceptors (Lipinski definition) is 4. The minimum atomic E-state index is -0.806. The second-order valence-corrected chi connectivity index (χ2v) is 4.60. The first kappa shape index (κ1) is 16.4. The van der Waals surface area contributed by atoms with Crippen molar-refractivity contribution in [2.75, 3.05) is 20.8 Å². The summed E-state index contributed by atoms with van der Waals surface area (Å²) in [6, 6.07) is 3.13. The Hall–Kier alpha value is -1.69. The number of benzene rings is 1.